The Morgan fingerprint density at radius 2 is 1.79 bits per heavy atom. The first-order chi connectivity index (χ1) is 9.02. The Hall–Kier alpha value is -0.320. The first-order valence-corrected chi connectivity index (χ1v) is 8.26. The molecule has 0 radical (unpaired) electrons. The quantitative estimate of drug-likeness (QED) is 0.522. The average Bonchev–Trinajstić information content (AvgIpc) is 2.38. The Balaban J connectivity index is 2.38. The number of halogens is 3. The van der Waals surface area contributed by atoms with Gasteiger partial charge in [0.25, 0.3) is 0 Å². The highest BCUT2D eigenvalue weighted by atomic mass is 79.9. The second-order valence-electron chi connectivity index (χ2n) is 4.26. The molecule has 1 nitrogen and oxygen atoms in total. The maximum absolute atomic E-state index is 5.26. The summed E-state index contributed by atoms with van der Waals surface area (Å²) >= 11 is 10.8. The van der Waals surface area contributed by atoms with Crippen LogP contribution in [-0.2, 0) is 0 Å². The third-order valence-corrected chi connectivity index (χ3v) is 5.11. The molecule has 0 saturated carbocycles. The number of alkyl halides is 1. The standard InChI is InChI=1S/C15H13Br3O/c1-9-7-11(16)4-5-12(9)15(18)10-3-6-14(19-2)13(17)8-10/h3-8,15H,1-2H3. The number of benzene rings is 2. The minimum atomic E-state index is 0.169. The molecule has 0 heterocycles. The number of hydrogen-bond donors (Lipinski definition) is 0. The summed E-state index contributed by atoms with van der Waals surface area (Å²) in [4.78, 5) is 0.169. The fraction of sp³-hybridized carbons (Fsp3) is 0.200. The summed E-state index contributed by atoms with van der Waals surface area (Å²) in [5.41, 5.74) is 3.71. The molecule has 0 aliphatic heterocycles. The minimum absolute atomic E-state index is 0.169. The van der Waals surface area contributed by atoms with Crippen molar-refractivity contribution in [3.05, 3.63) is 62.0 Å². The molecule has 2 aromatic carbocycles. The zero-order valence-electron chi connectivity index (χ0n) is 10.6. The minimum Gasteiger partial charge on any atom is -0.496 e. The van der Waals surface area contributed by atoms with Crippen LogP contribution in [0.3, 0.4) is 0 Å². The largest absolute Gasteiger partial charge is 0.496 e. The number of methoxy groups -OCH3 is 1. The normalized spacial score (nSPS) is 12.3. The van der Waals surface area contributed by atoms with E-state index in [1.165, 1.54) is 16.7 Å². The van der Waals surface area contributed by atoms with E-state index in [9.17, 15) is 0 Å². The van der Waals surface area contributed by atoms with Crippen LogP contribution in [0.5, 0.6) is 5.75 Å². The van der Waals surface area contributed by atoms with E-state index in [2.05, 4.69) is 85.0 Å². The Kier molecular flexibility index (Phi) is 5.09. The summed E-state index contributed by atoms with van der Waals surface area (Å²) in [6.45, 7) is 2.12. The lowest BCUT2D eigenvalue weighted by Gasteiger charge is -2.15. The molecule has 4 heteroatoms. The molecule has 19 heavy (non-hydrogen) atoms. The van der Waals surface area contributed by atoms with Crippen LogP contribution < -0.4 is 4.74 Å². The van der Waals surface area contributed by atoms with Gasteiger partial charge in [-0.1, -0.05) is 44.0 Å². The van der Waals surface area contributed by atoms with Crippen LogP contribution in [-0.4, -0.2) is 7.11 Å². The van der Waals surface area contributed by atoms with Gasteiger partial charge >= 0.3 is 0 Å². The van der Waals surface area contributed by atoms with Crippen LogP contribution in [0.1, 0.15) is 21.5 Å². The van der Waals surface area contributed by atoms with Gasteiger partial charge in [0.05, 0.1) is 16.4 Å². The molecule has 0 bridgehead atoms. The van der Waals surface area contributed by atoms with E-state index in [-0.39, 0.29) is 4.83 Å². The van der Waals surface area contributed by atoms with Gasteiger partial charge in [0.15, 0.2) is 0 Å². The lowest BCUT2D eigenvalue weighted by molar-refractivity contribution is 0.412. The number of hydrogen-bond acceptors (Lipinski definition) is 1. The van der Waals surface area contributed by atoms with Gasteiger partial charge in [0.2, 0.25) is 0 Å². The van der Waals surface area contributed by atoms with Crippen molar-refractivity contribution < 1.29 is 4.74 Å². The van der Waals surface area contributed by atoms with Crippen LogP contribution in [0.2, 0.25) is 0 Å². The van der Waals surface area contributed by atoms with Gasteiger partial charge in [0, 0.05) is 4.47 Å². The second-order valence-corrected chi connectivity index (χ2v) is 6.94. The average molecular weight is 449 g/mol. The molecule has 0 amide bonds. The topological polar surface area (TPSA) is 9.23 Å². The molecule has 0 aromatic heterocycles. The third-order valence-electron chi connectivity index (χ3n) is 2.97. The molecule has 2 rings (SSSR count). The van der Waals surface area contributed by atoms with E-state index in [1.54, 1.807) is 7.11 Å². The summed E-state index contributed by atoms with van der Waals surface area (Å²) in [5.74, 6) is 0.843. The van der Waals surface area contributed by atoms with Crippen molar-refractivity contribution in [2.75, 3.05) is 7.11 Å². The Morgan fingerprint density at radius 1 is 1.05 bits per heavy atom. The maximum Gasteiger partial charge on any atom is 0.133 e. The Morgan fingerprint density at radius 3 is 2.37 bits per heavy atom. The van der Waals surface area contributed by atoms with E-state index in [0.29, 0.717) is 0 Å². The van der Waals surface area contributed by atoms with Gasteiger partial charge in [-0.05, 0) is 63.8 Å². The third kappa shape index (κ3) is 3.41. The van der Waals surface area contributed by atoms with Gasteiger partial charge in [-0.25, -0.2) is 0 Å². The van der Waals surface area contributed by atoms with E-state index in [1.807, 2.05) is 6.07 Å². The van der Waals surface area contributed by atoms with Crippen LogP contribution in [0.25, 0.3) is 0 Å². The fourth-order valence-electron chi connectivity index (χ4n) is 1.94. The number of rotatable bonds is 3. The molecule has 100 valence electrons. The summed E-state index contributed by atoms with van der Waals surface area (Å²) in [5, 5.41) is 0. The highest BCUT2D eigenvalue weighted by Gasteiger charge is 2.14. The molecule has 0 aliphatic carbocycles. The van der Waals surface area contributed by atoms with Crippen molar-refractivity contribution in [1.82, 2.24) is 0 Å². The van der Waals surface area contributed by atoms with Crippen molar-refractivity contribution >= 4 is 47.8 Å². The highest BCUT2D eigenvalue weighted by Crippen LogP contribution is 2.37. The Bertz CT molecular complexity index is 596. The number of aryl methyl sites for hydroxylation is 1. The van der Waals surface area contributed by atoms with Crippen molar-refractivity contribution in [3.63, 3.8) is 0 Å². The summed E-state index contributed by atoms with van der Waals surface area (Å²) in [6.07, 6.45) is 0. The monoisotopic (exact) mass is 446 g/mol. The molecule has 2 aromatic rings. The predicted molar refractivity (Wildman–Crippen MR) is 90.3 cm³/mol. The molecule has 0 saturated heterocycles. The molecular weight excluding hydrogens is 436 g/mol. The second kappa shape index (κ2) is 6.42. The van der Waals surface area contributed by atoms with E-state index in [4.69, 9.17) is 4.74 Å². The summed E-state index contributed by atoms with van der Waals surface area (Å²) in [6, 6.07) is 12.5. The molecule has 1 unspecified atom stereocenters. The summed E-state index contributed by atoms with van der Waals surface area (Å²) in [7, 11) is 1.67. The van der Waals surface area contributed by atoms with E-state index < -0.39 is 0 Å². The molecule has 1 atom stereocenters. The molecular formula is C15H13Br3O. The lowest BCUT2D eigenvalue weighted by atomic mass is 10.0. The lowest BCUT2D eigenvalue weighted by Crippen LogP contribution is -1.96. The smallest absolute Gasteiger partial charge is 0.133 e. The van der Waals surface area contributed by atoms with Gasteiger partial charge in [-0.15, -0.1) is 0 Å². The van der Waals surface area contributed by atoms with Crippen molar-refractivity contribution in [3.8, 4) is 5.75 Å². The zero-order chi connectivity index (χ0) is 14.0. The van der Waals surface area contributed by atoms with Crippen molar-refractivity contribution in [1.29, 1.82) is 0 Å². The van der Waals surface area contributed by atoms with Crippen LogP contribution in [0.4, 0.5) is 0 Å². The van der Waals surface area contributed by atoms with Crippen LogP contribution in [0.15, 0.2) is 45.3 Å². The number of ether oxygens (including phenoxy) is 1. The van der Waals surface area contributed by atoms with Gasteiger partial charge in [0.1, 0.15) is 5.75 Å². The first kappa shape index (κ1) is 15.1. The molecule has 0 N–H and O–H groups in total. The van der Waals surface area contributed by atoms with Gasteiger partial charge in [-0.3, -0.25) is 0 Å². The van der Waals surface area contributed by atoms with E-state index in [0.717, 1.165) is 14.7 Å². The van der Waals surface area contributed by atoms with Crippen LogP contribution >= 0.6 is 47.8 Å². The van der Waals surface area contributed by atoms with Gasteiger partial charge in [-0.2, -0.15) is 0 Å². The molecule has 0 aliphatic rings. The zero-order valence-corrected chi connectivity index (χ0v) is 15.3. The van der Waals surface area contributed by atoms with Crippen molar-refractivity contribution in [2.24, 2.45) is 0 Å². The predicted octanol–water partition coefficient (Wildman–Crippen LogP) is 6.01. The molecule has 0 spiro atoms. The molecule has 0 fully saturated rings. The highest BCUT2D eigenvalue weighted by molar-refractivity contribution is 9.11. The van der Waals surface area contributed by atoms with Crippen molar-refractivity contribution in [2.45, 2.75) is 11.8 Å². The fourth-order valence-corrected chi connectivity index (χ4v) is 3.78. The maximum atomic E-state index is 5.26. The van der Waals surface area contributed by atoms with E-state index >= 15 is 0 Å². The summed E-state index contributed by atoms with van der Waals surface area (Å²) < 4.78 is 7.32. The SMILES string of the molecule is COc1ccc(C(Br)c2ccc(Br)cc2C)cc1Br. The Labute approximate surface area is 138 Å². The van der Waals surface area contributed by atoms with Crippen LogP contribution in [0, 0.1) is 6.92 Å². The first-order valence-electron chi connectivity index (χ1n) is 5.76. The van der Waals surface area contributed by atoms with Gasteiger partial charge < -0.3 is 4.74 Å².